The summed E-state index contributed by atoms with van der Waals surface area (Å²) in [5, 5.41) is 0. The highest BCUT2D eigenvalue weighted by Gasteiger charge is 2.38. The third kappa shape index (κ3) is 37.1. The van der Waals surface area contributed by atoms with Crippen LogP contribution in [0.3, 0.4) is 0 Å². The molecule has 0 aromatic rings. The summed E-state index contributed by atoms with van der Waals surface area (Å²) in [6, 6.07) is 0. The smallest absolute Gasteiger partial charge is 0.0328 e. The lowest BCUT2D eigenvalue weighted by atomic mass is 9.83. The van der Waals surface area contributed by atoms with Crippen LogP contribution < -0.4 is 0 Å². The second-order valence-electron chi connectivity index (χ2n) is 42.1. The van der Waals surface area contributed by atoms with Gasteiger partial charge in [-0.15, -0.1) is 0 Å². The fourth-order valence-corrected chi connectivity index (χ4v) is 20.9. The average molecular weight is 1340 g/mol. The summed E-state index contributed by atoms with van der Waals surface area (Å²) in [6.45, 7) is 66.2. The van der Waals surface area contributed by atoms with Crippen molar-refractivity contribution in [2.75, 3.05) is 0 Å². The lowest BCUT2D eigenvalue weighted by molar-refractivity contribution is 0.281. The van der Waals surface area contributed by atoms with Crippen molar-refractivity contribution in [3.05, 3.63) is 0 Å². The quantitative estimate of drug-likeness (QED) is 0.249. The van der Waals surface area contributed by atoms with E-state index in [1.807, 2.05) is 0 Å². The molecule has 0 radical (unpaired) electrons. The van der Waals surface area contributed by atoms with Crippen molar-refractivity contribution >= 4 is 0 Å². The molecule has 0 nitrogen and oxygen atoms in total. The van der Waals surface area contributed by atoms with Gasteiger partial charge in [-0.05, 0) is 242 Å². The molecular weight excluding hydrogens is 1150 g/mol. The Labute approximate surface area is 611 Å². The van der Waals surface area contributed by atoms with Crippen LogP contribution in [0.2, 0.25) is 0 Å². The molecule has 0 heterocycles. The van der Waals surface area contributed by atoms with Crippen LogP contribution >= 0.6 is 0 Å². The minimum absolute atomic E-state index is 0.653. The van der Waals surface area contributed by atoms with Gasteiger partial charge in [-0.25, -0.2) is 0 Å². The number of rotatable bonds is 6. The SMILES string of the molecule is CC(C)C1CCCC1.CC1C2CCC1CC2.CC1CC(C)C(C)C1.CC1CCC(C)(C)C1.CC1CCC(C)C1C.CC1CCCC1(C)C.CCC1(C)CCCC1.CCC1(C)CCCC1.CCC1CCCC1C.CCCC1CCCC1.C[C@H]1CCC(C)(C)C1.C[C@H]1CCCC1(C)C. The second-order valence-corrected chi connectivity index (χ2v) is 42.1. The molecule has 13 aliphatic carbocycles. The molecule has 13 saturated carbocycles. The normalized spacial score (nSPS) is 35.5. The van der Waals surface area contributed by atoms with Gasteiger partial charge >= 0.3 is 0 Å². The summed E-state index contributed by atoms with van der Waals surface area (Å²) in [6.07, 6.45) is 64.7. The molecule has 0 heteroatoms. The molecule has 2 bridgehead atoms. The molecular formula is C96H190. The maximum atomic E-state index is 2.44. The molecule has 0 N–H and O–H groups in total. The molecule has 0 saturated heterocycles. The first kappa shape index (κ1) is 92.1. The zero-order chi connectivity index (χ0) is 72.5. The van der Waals surface area contributed by atoms with Gasteiger partial charge in [0.25, 0.3) is 0 Å². The maximum Gasteiger partial charge on any atom is -0.0328 e. The van der Waals surface area contributed by atoms with Gasteiger partial charge in [0, 0.05) is 0 Å². The van der Waals surface area contributed by atoms with Crippen LogP contribution in [0.15, 0.2) is 0 Å². The highest BCUT2D eigenvalue weighted by atomic mass is 14.4. The lowest BCUT2D eigenvalue weighted by Crippen LogP contribution is -2.13. The summed E-state index contributed by atoms with van der Waals surface area (Å²) in [4.78, 5) is 0. The third-order valence-electron chi connectivity index (χ3n) is 31.1. The van der Waals surface area contributed by atoms with Gasteiger partial charge in [-0.1, -0.05) is 374 Å². The predicted octanol–water partition coefficient (Wildman–Crippen LogP) is 33.7. The van der Waals surface area contributed by atoms with E-state index < -0.39 is 0 Å². The summed E-state index contributed by atoms with van der Waals surface area (Å²) >= 11 is 0. The van der Waals surface area contributed by atoms with E-state index in [9.17, 15) is 0 Å². The molecule has 0 spiro atoms. The molecule has 96 heavy (non-hydrogen) atoms. The molecule has 8 unspecified atom stereocenters. The van der Waals surface area contributed by atoms with Gasteiger partial charge in [0.05, 0.1) is 0 Å². The first-order chi connectivity index (χ1) is 44.9. The Morgan fingerprint density at radius 3 is 0.865 bits per heavy atom. The molecule has 13 rings (SSSR count). The Kier molecular flexibility index (Phi) is 44.8. The van der Waals surface area contributed by atoms with Crippen molar-refractivity contribution in [2.24, 2.45) is 139 Å². The molecule has 0 aromatic heterocycles. The van der Waals surface area contributed by atoms with E-state index in [0.29, 0.717) is 21.7 Å². The van der Waals surface area contributed by atoms with Crippen molar-refractivity contribution in [1.82, 2.24) is 0 Å². The first-order valence-corrected chi connectivity index (χ1v) is 44.9. The summed E-state index contributed by atoms with van der Waals surface area (Å²) in [7, 11) is 0. The first-order valence-electron chi connectivity index (χ1n) is 44.9. The largest absolute Gasteiger partial charge is 0.0654 e. The highest BCUT2D eigenvalue weighted by Crippen LogP contribution is 2.49. The molecule has 0 aromatic carbocycles. The minimum atomic E-state index is 0.653. The molecule has 574 valence electrons. The molecule has 0 amide bonds. The van der Waals surface area contributed by atoms with E-state index in [0.717, 1.165) is 117 Å². The van der Waals surface area contributed by atoms with Gasteiger partial charge in [0.2, 0.25) is 0 Å². The number of fused-ring (bicyclic) bond motifs is 2. The van der Waals surface area contributed by atoms with Crippen molar-refractivity contribution in [1.29, 1.82) is 0 Å². The molecule has 13 aliphatic rings. The van der Waals surface area contributed by atoms with Crippen molar-refractivity contribution in [3.63, 3.8) is 0 Å². The fourth-order valence-electron chi connectivity index (χ4n) is 20.9. The monoisotopic (exact) mass is 1340 g/mol. The Bertz CT molecular complexity index is 1720. The van der Waals surface area contributed by atoms with Gasteiger partial charge in [0.15, 0.2) is 0 Å². The van der Waals surface area contributed by atoms with Crippen LogP contribution in [0.1, 0.15) is 476 Å². The van der Waals surface area contributed by atoms with E-state index in [4.69, 9.17) is 0 Å². The van der Waals surface area contributed by atoms with E-state index in [1.54, 1.807) is 25.7 Å². The Balaban J connectivity index is 0.000000356. The fraction of sp³-hybridized carbons (Fsp3) is 1.00. The van der Waals surface area contributed by atoms with Crippen molar-refractivity contribution in [3.8, 4) is 0 Å². The maximum absolute atomic E-state index is 2.44. The van der Waals surface area contributed by atoms with Gasteiger partial charge in [-0.3, -0.25) is 0 Å². The Hall–Kier alpha value is 0. The van der Waals surface area contributed by atoms with E-state index in [2.05, 4.69) is 194 Å². The zero-order valence-electron chi connectivity index (χ0n) is 72.5. The predicted molar refractivity (Wildman–Crippen MR) is 439 cm³/mol. The molecule has 13 fully saturated rings. The molecule has 0 aliphatic heterocycles. The van der Waals surface area contributed by atoms with E-state index >= 15 is 0 Å². The van der Waals surface area contributed by atoms with Crippen LogP contribution in [0.5, 0.6) is 0 Å². The summed E-state index contributed by atoms with van der Waals surface area (Å²) in [5.74, 6) is 18.4. The highest BCUT2D eigenvalue weighted by molar-refractivity contribution is 4.89. The molecule has 10 atom stereocenters. The summed E-state index contributed by atoms with van der Waals surface area (Å²) in [5.41, 5.74) is 4.11. The van der Waals surface area contributed by atoms with Crippen LogP contribution in [-0.2, 0) is 0 Å². The van der Waals surface area contributed by atoms with Crippen molar-refractivity contribution in [2.45, 2.75) is 476 Å². The van der Waals surface area contributed by atoms with Gasteiger partial charge in [-0.2, -0.15) is 0 Å². The standard InChI is InChI=1S/C8H14.11C8H16/c1-6-7-2-3-8(6)5-4-7;1-6-4-7(2)8(3)5-6;2*1-7-4-5-8(2,3)6-7;2*1-7-5-4-6-8(7,2)3;1-6-4-5-7(2)8(6)3;1-7(2)8-5-3-4-6-8;2*1-3-8(2)6-4-5-7-8;1-3-8-6-4-5-7(8)2;1-2-5-8-6-3-4-7-8/h6-8H,2-5H2,1H3;6-8H,4-5H2,1-3H3;4*7H,4-6H2,1-3H3;6-8H,4-5H2,1-3H3;7-8H,3-6H2,1-2H3;2*3-7H2,1-2H3;7-8H,3-6H2,1-2H3;8H,2-7H2,1H3/t;;7-;;7-;;;;;;;/m..0.0......./s1. The zero-order valence-corrected chi connectivity index (χ0v) is 72.5. The number of hydrogen-bond donors (Lipinski definition) is 0. The second kappa shape index (κ2) is 46.7. The van der Waals surface area contributed by atoms with E-state index in [1.165, 1.54) is 257 Å². The minimum Gasteiger partial charge on any atom is -0.0654 e. The topological polar surface area (TPSA) is 0 Å². The van der Waals surface area contributed by atoms with Crippen LogP contribution in [0, 0.1) is 139 Å². The van der Waals surface area contributed by atoms with Gasteiger partial charge < -0.3 is 0 Å². The van der Waals surface area contributed by atoms with Crippen LogP contribution in [0.4, 0.5) is 0 Å². The summed E-state index contributed by atoms with van der Waals surface area (Å²) < 4.78 is 0. The van der Waals surface area contributed by atoms with Crippen molar-refractivity contribution < 1.29 is 0 Å². The Morgan fingerprint density at radius 2 is 0.708 bits per heavy atom. The van der Waals surface area contributed by atoms with E-state index in [-0.39, 0.29) is 0 Å². The number of hydrogen-bond acceptors (Lipinski definition) is 0. The average Bonchev–Trinajstić information content (AvgIpc) is 1.71. The van der Waals surface area contributed by atoms with Crippen LogP contribution in [-0.4, -0.2) is 0 Å². The third-order valence-corrected chi connectivity index (χ3v) is 31.1. The Morgan fingerprint density at radius 1 is 0.323 bits per heavy atom. The van der Waals surface area contributed by atoms with Gasteiger partial charge in [0.1, 0.15) is 0 Å². The lowest BCUT2D eigenvalue weighted by Gasteiger charge is -2.22. The van der Waals surface area contributed by atoms with Crippen LogP contribution in [0.25, 0.3) is 0 Å².